The second-order valence-corrected chi connectivity index (χ2v) is 9.40. The van der Waals surface area contributed by atoms with Crippen molar-refractivity contribution in [2.45, 2.75) is 40.2 Å². The van der Waals surface area contributed by atoms with E-state index in [9.17, 15) is 4.39 Å². The molecule has 0 amide bonds. The van der Waals surface area contributed by atoms with Gasteiger partial charge in [-0.1, -0.05) is 54.5 Å². The smallest absolute Gasteiger partial charge is 0.258 e. The van der Waals surface area contributed by atoms with Crippen molar-refractivity contribution < 1.29 is 8.91 Å². The Balaban J connectivity index is 1.64. The Labute approximate surface area is 215 Å². The van der Waals surface area contributed by atoms with E-state index in [2.05, 4.69) is 61.6 Å². The van der Waals surface area contributed by atoms with E-state index in [0.29, 0.717) is 16.8 Å². The summed E-state index contributed by atoms with van der Waals surface area (Å²) < 4.78 is 19.5. The molecule has 0 spiro atoms. The van der Waals surface area contributed by atoms with Gasteiger partial charge in [-0.3, -0.25) is 4.90 Å². The second-order valence-electron chi connectivity index (χ2n) is 9.01. The van der Waals surface area contributed by atoms with E-state index >= 15 is 0 Å². The molecule has 4 aromatic rings. The molecule has 1 atom stereocenters. The van der Waals surface area contributed by atoms with Crippen LogP contribution in [-0.2, 0) is 6.42 Å². The molecule has 182 valence electrons. The fraction of sp³-hybridized carbons (Fsp3) is 0.207. The van der Waals surface area contributed by atoms with Gasteiger partial charge in [-0.25, -0.2) is 4.39 Å². The molecule has 1 aliphatic heterocycles. The first-order chi connectivity index (χ1) is 17.4. The van der Waals surface area contributed by atoms with Gasteiger partial charge in [0.1, 0.15) is 5.82 Å². The fourth-order valence-electron chi connectivity index (χ4n) is 4.45. The van der Waals surface area contributed by atoms with Crippen molar-refractivity contribution in [3.63, 3.8) is 0 Å². The molecule has 0 radical (unpaired) electrons. The molecule has 5 nitrogen and oxygen atoms in total. The van der Waals surface area contributed by atoms with Crippen LogP contribution in [0.2, 0.25) is 0 Å². The van der Waals surface area contributed by atoms with Crippen LogP contribution in [0.4, 0.5) is 10.1 Å². The standard InChI is InChI=1S/C29H27FN4OS/c1-5-20-7-10-21(11-8-20)27-32-28(35-33-27)25-19(4)34(24-14-12-23(30)13-15-24)29(36)31-26(25)22-9-6-17(2)18(3)16-22/h6-16,26H,5H2,1-4H3,(H,31,36). The molecular formula is C29H27FN4OS. The highest BCUT2D eigenvalue weighted by Crippen LogP contribution is 2.39. The summed E-state index contributed by atoms with van der Waals surface area (Å²) in [6, 6.07) is 20.5. The van der Waals surface area contributed by atoms with E-state index in [4.69, 9.17) is 21.7 Å². The molecule has 1 N–H and O–H groups in total. The molecule has 0 saturated carbocycles. The first-order valence-corrected chi connectivity index (χ1v) is 12.3. The quantitative estimate of drug-likeness (QED) is 0.301. The average Bonchev–Trinajstić information content (AvgIpc) is 3.36. The van der Waals surface area contributed by atoms with Crippen LogP contribution in [-0.4, -0.2) is 15.3 Å². The summed E-state index contributed by atoms with van der Waals surface area (Å²) >= 11 is 5.78. The number of aryl methyl sites for hydroxylation is 3. The van der Waals surface area contributed by atoms with E-state index < -0.39 is 0 Å². The van der Waals surface area contributed by atoms with Crippen LogP contribution in [0.3, 0.4) is 0 Å². The van der Waals surface area contributed by atoms with Crippen LogP contribution in [0.15, 0.2) is 77.0 Å². The summed E-state index contributed by atoms with van der Waals surface area (Å²) in [5.74, 6) is 0.626. The molecule has 1 unspecified atom stereocenters. The lowest BCUT2D eigenvalue weighted by Gasteiger charge is -2.37. The van der Waals surface area contributed by atoms with Crippen LogP contribution in [0, 0.1) is 19.7 Å². The predicted molar refractivity (Wildman–Crippen MR) is 145 cm³/mol. The molecule has 1 aliphatic rings. The van der Waals surface area contributed by atoms with Gasteiger partial charge in [0.15, 0.2) is 5.11 Å². The van der Waals surface area contributed by atoms with Crippen LogP contribution in [0.1, 0.15) is 48.0 Å². The second kappa shape index (κ2) is 9.66. The largest absolute Gasteiger partial charge is 0.351 e. The van der Waals surface area contributed by atoms with Crippen LogP contribution in [0.25, 0.3) is 17.0 Å². The number of anilines is 1. The van der Waals surface area contributed by atoms with Gasteiger partial charge in [-0.05, 0) is 85.9 Å². The van der Waals surface area contributed by atoms with E-state index in [0.717, 1.165) is 34.5 Å². The number of hydrogen-bond donors (Lipinski definition) is 1. The third-order valence-corrected chi connectivity index (χ3v) is 7.01. The van der Waals surface area contributed by atoms with E-state index in [-0.39, 0.29) is 11.9 Å². The Morgan fingerprint density at radius 3 is 2.36 bits per heavy atom. The molecule has 0 aliphatic carbocycles. The molecule has 5 rings (SSSR count). The van der Waals surface area contributed by atoms with Gasteiger partial charge in [0.25, 0.3) is 5.89 Å². The minimum absolute atomic E-state index is 0.288. The number of rotatable bonds is 5. The number of benzene rings is 3. The predicted octanol–water partition coefficient (Wildman–Crippen LogP) is 6.92. The normalized spacial score (nSPS) is 15.9. The number of hydrogen-bond acceptors (Lipinski definition) is 4. The molecule has 0 bridgehead atoms. The van der Waals surface area contributed by atoms with Gasteiger partial charge in [0, 0.05) is 16.9 Å². The number of nitrogens with one attached hydrogen (secondary N) is 1. The maximum atomic E-state index is 13.6. The lowest BCUT2D eigenvalue weighted by molar-refractivity contribution is 0.404. The summed E-state index contributed by atoms with van der Waals surface area (Å²) in [5.41, 5.74) is 7.97. The van der Waals surface area contributed by atoms with Crippen molar-refractivity contribution in [1.29, 1.82) is 0 Å². The Hall–Kier alpha value is -3.84. The molecule has 1 aromatic heterocycles. The number of aromatic nitrogens is 2. The zero-order valence-corrected chi connectivity index (χ0v) is 21.5. The zero-order chi connectivity index (χ0) is 25.4. The molecule has 7 heteroatoms. The third-order valence-electron chi connectivity index (χ3n) is 6.71. The van der Waals surface area contributed by atoms with E-state index in [1.165, 1.54) is 28.8 Å². The van der Waals surface area contributed by atoms with E-state index in [1.807, 2.05) is 24.0 Å². The topological polar surface area (TPSA) is 54.2 Å². The Kier molecular flexibility index (Phi) is 6.41. The summed E-state index contributed by atoms with van der Waals surface area (Å²) in [7, 11) is 0. The van der Waals surface area contributed by atoms with E-state index in [1.54, 1.807) is 12.1 Å². The molecule has 0 saturated heterocycles. The Bertz CT molecular complexity index is 1460. The van der Waals surface area contributed by atoms with Gasteiger partial charge in [0.05, 0.1) is 11.6 Å². The van der Waals surface area contributed by atoms with Crippen molar-refractivity contribution in [3.8, 4) is 11.4 Å². The Morgan fingerprint density at radius 1 is 0.972 bits per heavy atom. The van der Waals surface area contributed by atoms with Gasteiger partial charge >= 0.3 is 0 Å². The first kappa shape index (κ1) is 23.9. The van der Waals surface area contributed by atoms with Gasteiger partial charge in [-0.2, -0.15) is 4.98 Å². The highest BCUT2D eigenvalue weighted by Gasteiger charge is 2.35. The summed E-state index contributed by atoms with van der Waals surface area (Å²) in [6.45, 7) is 8.27. The zero-order valence-electron chi connectivity index (χ0n) is 20.7. The SMILES string of the molecule is CCc1ccc(-c2noc(C3=C(C)N(c4ccc(F)cc4)C(=S)NC3c3ccc(C)c(C)c3)n2)cc1. The third kappa shape index (κ3) is 4.42. The van der Waals surface area contributed by atoms with Gasteiger partial charge in [0.2, 0.25) is 5.82 Å². The van der Waals surface area contributed by atoms with Crippen molar-refractivity contribution in [1.82, 2.24) is 15.5 Å². The summed E-state index contributed by atoms with van der Waals surface area (Å²) in [4.78, 5) is 6.66. The van der Waals surface area contributed by atoms with Crippen LogP contribution in [0.5, 0.6) is 0 Å². The highest BCUT2D eigenvalue weighted by molar-refractivity contribution is 7.80. The summed E-state index contributed by atoms with van der Waals surface area (Å²) in [5, 5.41) is 8.27. The average molecular weight is 499 g/mol. The number of nitrogens with zero attached hydrogens (tertiary/aromatic N) is 3. The van der Waals surface area contributed by atoms with Crippen molar-refractivity contribution in [2.24, 2.45) is 0 Å². The van der Waals surface area contributed by atoms with Gasteiger partial charge < -0.3 is 9.84 Å². The fourth-order valence-corrected chi connectivity index (χ4v) is 4.82. The van der Waals surface area contributed by atoms with Crippen molar-refractivity contribution in [2.75, 3.05) is 4.90 Å². The lowest BCUT2D eigenvalue weighted by Crippen LogP contribution is -2.46. The first-order valence-electron chi connectivity index (χ1n) is 11.9. The highest BCUT2D eigenvalue weighted by atomic mass is 32.1. The maximum absolute atomic E-state index is 13.6. The number of halogens is 1. The minimum atomic E-state index is -0.305. The van der Waals surface area contributed by atoms with Crippen molar-refractivity contribution >= 4 is 28.6 Å². The minimum Gasteiger partial charge on any atom is -0.351 e. The van der Waals surface area contributed by atoms with Crippen LogP contribution >= 0.6 is 12.2 Å². The number of allylic oxidation sites excluding steroid dienone is 1. The van der Waals surface area contributed by atoms with Crippen LogP contribution < -0.4 is 10.2 Å². The lowest BCUT2D eigenvalue weighted by atomic mass is 9.92. The maximum Gasteiger partial charge on any atom is 0.258 e. The monoisotopic (exact) mass is 498 g/mol. The molecule has 0 fully saturated rings. The van der Waals surface area contributed by atoms with Crippen molar-refractivity contribution in [3.05, 3.63) is 106 Å². The molecule has 2 heterocycles. The summed E-state index contributed by atoms with van der Waals surface area (Å²) in [6.07, 6.45) is 0.965. The molecular weight excluding hydrogens is 471 g/mol. The molecule has 3 aromatic carbocycles. The number of thiocarbonyl (C=S) groups is 1. The van der Waals surface area contributed by atoms with Gasteiger partial charge in [-0.15, -0.1) is 0 Å². The molecule has 36 heavy (non-hydrogen) atoms. The Morgan fingerprint density at radius 2 is 1.69 bits per heavy atom.